The Morgan fingerprint density at radius 1 is 1.14 bits per heavy atom. The van der Waals surface area contributed by atoms with Gasteiger partial charge in [0.2, 0.25) is 5.91 Å². The third-order valence-electron chi connectivity index (χ3n) is 5.60. The van der Waals surface area contributed by atoms with E-state index in [1.807, 2.05) is 0 Å². The first-order chi connectivity index (χ1) is 10.3. The van der Waals surface area contributed by atoms with Gasteiger partial charge in [0.25, 0.3) is 0 Å². The van der Waals surface area contributed by atoms with Crippen LogP contribution in [0.5, 0.6) is 0 Å². The Morgan fingerprint density at radius 3 is 2.62 bits per heavy atom. The molecule has 4 rings (SSSR count). The minimum atomic E-state index is -0.122. The number of rotatable bonds is 1. The predicted octanol–water partition coefficient (Wildman–Crippen LogP) is 3.22. The molecule has 0 atom stereocenters. The second-order valence-electron chi connectivity index (χ2n) is 6.75. The van der Waals surface area contributed by atoms with E-state index in [-0.39, 0.29) is 5.60 Å². The van der Waals surface area contributed by atoms with Gasteiger partial charge in [-0.3, -0.25) is 4.79 Å². The van der Waals surface area contributed by atoms with Crippen LogP contribution in [-0.2, 0) is 21.7 Å². The number of likely N-dealkylation sites (tertiary alicyclic amines) is 1. The summed E-state index contributed by atoms with van der Waals surface area (Å²) in [5, 5.41) is 0. The van der Waals surface area contributed by atoms with Crippen LogP contribution in [0.4, 0.5) is 0 Å². The average molecular weight is 285 g/mol. The van der Waals surface area contributed by atoms with E-state index in [1.165, 1.54) is 24.0 Å². The van der Waals surface area contributed by atoms with Crippen molar-refractivity contribution in [1.82, 2.24) is 4.90 Å². The van der Waals surface area contributed by atoms with Crippen molar-refractivity contribution < 1.29 is 9.53 Å². The third kappa shape index (κ3) is 2.18. The minimum absolute atomic E-state index is 0.122. The van der Waals surface area contributed by atoms with Crippen LogP contribution in [0.3, 0.4) is 0 Å². The molecule has 3 heteroatoms. The third-order valence-corrected chi connectivity index (χ3v) is 5.60. The molecule has 3 nitrogen and oxygen atoms in total. The maximum Gasteiger partial charge on any atom is 0.225 e. The van der Waals surface area contributed by atoms with E-state index in [0.29, 0.717) is 11.8 Å². The summed E-state index contributed by atoms with van der Waals surface area (Å²) in [4.78, 5) is 14.6. The molecule has 1 aromatic rings. The highest BCUT2D eigenvalue weighted by Crippen LogP contribution is 2.44. The molecule has 2 fully saturated rings. The van der Waals surface area contributed by atoms with Gasteiger partial charge in [0.15, 0.2) is 0 Å². The number of piperidine rings is 1. The van der Waals surface area contributed by atoms with Gasteiger partial charge in [-0.25, -0.2) is 0 Å². The number of benzene rings is 1. The molecule has 0 radical (unpaired) electrons. The molecule has 0 bridgehead atoms. The largest absolute Gasteiger partial charge is 0.365 e. The molecule has 1 saturated heterocycles. The number of hydrogen-bond acceptors (Lipinski definition) is 2. The number of fused-ring (bicyclic) bond motifs is 2. The van der Waals surface area contributed by atoms with Crippen molar-refractivity contribution in [2.24, 2.45) is 5.92 Å². The summed E-state index contributed by atoms with van der Waals surface area (Å²) in [5.74, 6) is 0.699. The lowest BCUT2D eigenvalue weighted by molar-refractivity contribution is -0.142. The Kier molecular flexibility index (Phi) is 3.26. The molecule has 1 saturated carbocycles. The van der Waals surface area contributed by atoms with Crippen LogP contribution in [0, 0.1) is 5.92 Å². The molecule has 1 aromatic carbocycles. The predicted molar refractivity (Wildman–Crippen MR) is 80.7 cm³/mol. The molecule has 2 heterocycles. The summed E-state index contributed by atoms with van der Waals surface area (Å²) in [5.41, 5.74) is 2.56. The Bertz CT molecular complexity index is 540. The van der Waals surface area contributed by atoms with E-state index < -0.39 is 0 Å². The zero-order chi connectivity index (χ0) is 14.3. The number of nitrogens with zero attached hydrogens (tertiary/aromatic N) is 1. The van der Waals surface area contributed by atoms with Crippen molar-refractivity contribution in [2.75, 3.05) is 13.1 Å². The van der Waals surface area contributed by atoms with Gasteiger partial charge >= 0.3 is 0 Å². The number of hydrogen-bond donors (Lipinski definition) is 0. The SMILES string of the molecule is O=C(C1CCCC1)N1CCC2(CC1)OCc1ccccc12. The number of carbonyl (C=O) groups excluding carboxylic acids is 1. The maximum absolute atomic E-state index is 12.5. The normalized spacial score (nSPS) is 24.5. The standard InChI is InChI=1S/C18H23NO2/c20-17(14-5-1-2-6-14)19-11-9-18(10-12-19)16-8-4-3-7-15(16)13-21-18/h3-4,7-8,14H,1-2,5-6,9-13H2. The first kappa shape index (κ1) is 13.3. The second-order valence-corrected chi connectivity index (χ2v) is 6.75. The van der Waals surface area contributed by atoms with Crippen LogP contribution in [0.1, 0.15) is 49.7 Å². The van der Waals surface area contributed by atoms with E-state index >= 15 is 0 Å². The van der Waals surface area contributed by atoms with Crippen molar-refractivity contribution in [1.29, 1.82) is 0 Å². The topological polar surface area (TPSA) is 29.5 Å². The van der Waals surface area contributed by atoms with E-state index in [1.54, 1.807) is 0 Å². The monoisotopic (exact) mass is 285 g/mol. The van der Waals surface area contributed by atoms with Crippen molar-refractivity contribution in [3.05, 3.63) is 35.4 Å². The van der Waals surface area contributed by atoms with E-state index in [9.17, 15) is 4.79 Å². The Balaban J connectivity index is 1.46. The highest BCUT2D eigenvalue weighted by molar-refractivity contribution is 5.79. The first-order valence-electron chi connectivity index (χ1n) is 8.30. The summed E-state index contributed by atoms with van der Waals surface area (Å²) in [7, 11) is 0. The summed E-state index contributed by atoms with van der Waals surface area (Å²) in [6.45, 7) is 2.43. The Hall–Kier alpha value is -1.35. The van der Waals surface area contributed by atoms with Gasteiger partial charge in [0.1, 0.15) is 0 Å². The van der Waals surface area contributed by atoms with Crippen molar-refractivity contribution in [3.8, 4) is 0 Å². The van der Waals surface area contributed by atoms with Gasteiger partial charge in [-0.2, -0.15) is 0 Å². The molecule has 3 aliphatic rings. The first-order valence-corrected chi connectivity index (χ1v) is 8.30. The second kappa shape index (κ2) is 5.13. The van der Waals surface area contributed by atoms with Crippen molar-refractivity contribution in [2.45, 2.75) is 50.7 Å². The summed E-state index contributed by atoms with van der Waals surface area (Å²) in [6, 6.07) is 8.56. The van der Waals surface area contributed by atoms with Crippen LogP contribution < -0.4 is 0 Å². The molecule has 1 amide bonds. The number of amides is 1. The van der Waals surface area contributed by atoms with Gasteiger partial charge in [-0.05, 0) is 36.8 Å². The molecule has 21 heavy (non-hydrogen) atoms. The lowest BCUT2D eigenvalue weighted by atomic mass is 9.83. The zero-order valence-electron chi connectivity index (χ0n) is 12.5. The quantitative estimate of drug-likeness (QED) is 0.793. The van der Waals surface area contributed by atoms with Crippen molar-refractivity contribution >= 4 is 5.91 Å². The van der Waals surface area contributed by atoms with E-state index in [2.05, 4.69) is 29.2 Å². The highest BCUT2D eigenvalue weighted by Gasteiger charge is 2.43. The molecular formula is C18H23NO2. The van der Waals surface area contributed by atoms with Gasteiger partial charge in [-0.1, -0.05) is 37.1 Å². The van der Waals surface area contributed by atoms with Crippen LogP contribution >= 0.6 is 0 Å². The fourth-order valence-corrected chi connectivity index (χ4v) is 4.32. The van der Waals surface area contributed by atoms with Crippen molar-refractivity contribution in [3.63, 3.8) is 0 Å². The van der Waals surface area contributed by atoms with Crippen LogP contribution in [0.15, 0.2) is 24.3 Å². The zero-order valence-corrected chi connectivity index (χ0v) is 12.5. The van der Waals surface area contributed by atoms with Gasteiger partial charge in [-0.15, -0.1) is 0 Å². The van der Waals surface area contributed by atoms with Gasteiger partial charge in [0.05, 0.1) is 12.2 Å². The lowest BCUT2D eigenvalue weighted by Gasteiger charge is -2.40. The molecule has 112 valence electrons. The van der Waals surface area contributed by atoms with Crippen LogP contribution in [0.25, 0.3) is 0 Å². The number of ether oxygens (including phenoxy) is 1. The molecule has 2 aliphatic heterocycles. The Labute approximate surface area is 126 Å². The molecule has 1 aliphatic carbocycles. The molecule has 0 aromatic heterocycles. The molecule has 0 N–H and O–H groups in total. The highest BCUT2D eigenvalue weighted by atomic mass is 16.5. The number of carbonyl (C=O) groups is 1. The summed E-state index contributed by atoms with van der Waals surface area (Å²) < 4.78 is 6.17. The maximum atomic E-state index is 12.5. The minimum Gasteiger partial charge on any atom is -0.365 e. The van der Waals surface area contributed by atoms with E-state index in [4.69, 9.17) is 4.74 Å². The summed E-state index contributed by atoms with van der Waals surface area (Å²) >= 11 is 0. The van der Waals surface area contributed by atoms with Gasteiger partial charge < -0.3 is 9.64 Å². The fraction of sp³-hybridized carbons (Fsp3) is 0.611. The van der Waals surface area contributed by atoms with Gasteiger partial charge in [0, 0.05) is 19.0 Å². The Morgan fingerprint density at radius 2 is 1.86 bits per heavy atom. The van der Waals surface area contributed by atoms with E-state index in [0.717, 1.165) is 45.4 Å². The van der Waals surface area contributed by atoms with Crippen LogP contribution in [-0.4, -0.2) is 23.9 Å². The molecule has 1 spiro atoms. The smallest absolute Gasteiger partial charge is 0.225 e. The fourth-order valence-electron chi connectivity index (χ4n) is 4.32. The average Bonchev–Trinajstić information content (AvgIpc) is 3.17. The summed E-state index contributed by atoms with van der Waals surface area (Å²) in [6.07, 6.45) is 6.54. The molecular weight excluding hydrogens is 262 g/mol. The lowest BCUT2D eigenvalue weighted by Crippen LogP contribution is -2.46. The van der Waals surface area contributed by atoms with Crippen LogP contribution in [0.2, 0.25) is 0 Å². The molecule has 0 unspecified atom stereocenters.